The lowest BCUT2D eigenvalue weighted by atomic mass is 9.77. The Balaban J connectivity index is 2.06. The van der Waals surface area contributed by atoms with Gasteiger partial charge in [-0.15, -0.1) is 0 Å². The largest absolute Gasteiger partial charge is 0.379 e. The number of hydrogen-bond acceptors (Lipinski definition) is 3. The van der Waals surface area contributed by atoms with Crippen molar-refractivity contribution in [2.75, 3.05) is 32.2 Å². The summed E-state index contributed by atoms with van der Waals surface area (Å²) in [6.45, 7) is 1.82. The van der Waals surface area contributed by atoms with Gasteiger partial charge in [-0.1, -0.05) is 15.9 Å². The number of methoxy groups -OCH3 is 1. The molecule has 94 valence electrons. The quantitative estimate of drug-likeness (QED) is 0.545. The molecule has 0 radical (unpaired) electrons. The molecule has 4 nitrogen and oxygen atoms in total. The molecular weight excluding hydrogens is 274 g/mol. The molecular formula is C11H20BrNO3. The highest BCUT2D eigenvalue weighted by Gasteiger charge is 2.38. The molecule has 5 heteroatoms. The standard InChI is InChI=1S/C11H20BrNO3/c1-15-11(3-2-4-11)9-10(14)13-6-8-16-7-5-12/h2-9H2,1H3,(H,13,14). The van der Waals surface area contributed by atoms with Crippen LogP contribution in [0, 0.1) is 0 Å². The highest BCUT2D eigenvalue weighted by atomic mass is 79.9. The van der Waals surface area contributed by atoms with Crippen LogP contribution in [0.25, 0.3) is 0 Å². The van der Waals surface area contributed by atoms with E-state index in [9.17, 15) is 4.79 Å². The molecule has 1 amide bonds. The van der Waals surface area contributed by atoms with Crippen molar-refractivity contribution in [2.24, 2.45) is 0 Å². The molecule has 0 aromatic carbocycles. The van der Waals surface area contributed by atoms with Gasteiger partial charge in [0, 0.05) is 19.0 Å². The van der Waals surface area contributed by atoms with Crippen molar-refractivity contribution in [3.05, 3.63) is 0 Å². The molecule has 1 aliphatic carbocycles. The minimum absolute atomic E-state index is 0.0593. The van der Waals surface area contributed by atoms with Gasteiger partial charge in [-0.3, -0.25) is 4.79 Å². The fraction of sp³-hybridized carbons (Fsp3) is 0.909. The number of halogens is 1. The minimum Gasteiger partial charge on any atom is -0.379 e. The summed E-state index contributed by atoms with van der Waals surface area (Å²) in [4.78, 5) is 11.6. The number of rotatable bonds is 8. The number of amides is 1. The van der Waals surface area contributed by atoms with E-state index in [4.69, 9.17) is 9.47 Å². The summed E-state index contributed by atoms with van der Waals surface area (Å²) in [7, 11) is 1.69. The summed E-state index contributed by atoms with van der Waals surface area (Å²) in [6, 6.07) is 0. The fourth-order valence-electron chi connectivity index (χ4n) is 1.80. The van der Waals surface area contributed by atoms with E-state index >= 15 is 0 Å². The van der Waals surface area contributed by atoms with E-state index in [2.05, 4.69) is 21.2 Å². The van der Waals surface area contributed by atoms with Gasteiger partial charge in [-0.05, 0) is 19.3 Å². The number of carbonyl (C=O) groups excluding carboxylic acids is 1. The van der Waals surface area contributed by atoms with E-state index in [0.29, 0.717) is 26.2 Å². The summed E-state index contributed by atoms with van der Waals surface area (Å²) in [5.74, 6) is 0.0593. The van der Waals surface area contributed by atoms with Crippen LogP contribution in [0.4, 0.5) is 0 Å². The molecule has 0 aromatic heterocycles. The zero-order valence-electron chi connectivity index (χ0n) is 9.76. The van der Waals surface area contributed by atoms with E-state index in [0.717, 1.165) is 24.6 Å². The van der Waals surface area contributed by atoms with Crippen LogP contribution in [0.15, 0.2) is 0 Å². The van der Waals surface area contributed by atoms with Crippen LogP contribution in [-0.4, -0.2) is 43.7 Å². The maximum atomic E-state index is 11.6. The maximum absolute atomic E-state index is 11.6. The van der Waals surface area contributed by atoms with Crippen LogP contribution in [-0.2, 0) is 14.3 Å². The summed E-state index contributed by atoms with van der Waals surface area (Å²) in [5, 5.41) is 3.67. The number of hydrogen-bond donors (Lipinski definition) is 1. The second kappa shape index (κ2) is 7.25. The van der Waals surface area contributed by atoms with Gasteiger partial charge in [0.1, 0.15) is 0 Å². The average molecular weight is 294 g/mol. The Hall–Kier alpha value is -0.130. The summed E-state index contributed by atoms with van der Waals surface area (Å²) < 4.78 is 10.6. The van der Waals surface area contributed by atoms with Crippen molar-refractivity contribution in [3.63, 3.8) is 0 Å². The molecule has 0 bridgehead atoms. The molecule has 0 aromatic rings. The highest BCUT2D eigenvalue weighted by molar-refractivity contribution is 9.09. The third-order valence-corrected chi connectivity index (χ3v) is 3.29. The van der Waals surface area contributed by atoms with E-state index in [1.807, 2.05) is 0 Å². The molecule has 0 aliphatic heterocycles. The SMILES string of the molecule is COC1(CC(=O)NCCOCCBr)CCC1. The second-order valence-corrected chi connectivity index (χ2v) is 4.86. The van der Waals surface area contributed by atoms with Gasteiger partial charge in [0.15, 0.2) is 0 Å². The van der Waals surface area contributed by atoms with Crippen molar-refractivity contribution in [2.45, 2.75) is 31.3 Å². The Labute approximate surface area is 105 Å². The van der Waals surface area contributed by atoms with Gasteiger partial charge < -0.3 is 14.8 Å². The van der Waals surface area contributed by atoms with Gasteiger partial charge in [0.2, 0.25) is 5.91 Å². The van der Waals surface area contributed by atoms with Crippen LogP contribution >= 0.6 is 15.9 Å². The van der Waals surface area contributed by atoms with Gasteiger partial charge in [-0.2, -0.15) is 0 Å². The van der Waals surface area contributed by atoms with Crippen LogP contribution in [0.5, 0.6) is 0 Å². The normalized spacial score (nSPS) is 17.9. The molecule has 1 aliphatic rings. The Morgan fingerprint density at radius 1 is 1.44 bits per heavy atom. The molecule has 1 N–H and O–H groups in total. The van der Waals surface area contributed by atoms with Gasteiger partial charge in [0.05, 0.1) is 25.2 Å². The zero-order chi connectivity index (χ0) is 11.9. The minimum atomic E-state index is -0.180. The topological polar surface area (TPSA) is 47.6 Å². The molecule has 1 saturated carbocycles. The molecule has 0 unspecified atom stereocenters. The Kier molecular flexibility index (Phi) is 6.31. The molecule has 1 fully saturated rings. The first-order valence-corrected chi connectivity index (χ1v) is 6.80. The van der Waals surface area contributed by atoms with Crippen molar-refractivity contribution < 1.29 is 14.3 Å². The van der Waals surface area contributed by atoms with E-state index < -0.39 is 0 Å². The fourth-order valence-corrected chi connectivity index (χ4v) is 2.03. The van der Waals surface area contributed by atoms with E-state index in [1.54, 1.807) is 7.11 Å². The molecule has 1 rings (SSSR count). The van der Waals surface area contributed by atoms with Crippen molar-refractivity contribution in [3.8, 4) is 0 Å². The van der Waals surface area contributed by atoms with Crippen molar-refractivity contribution in [1.82, 2.24) is 5.32 Å². The monoisotopic (exact) mass is 293 g/mol. The molecule has 0 heterocycles. The number of carbonyl (C=O) groups is 1. The summed E-state index contributed by atoms with van der Waals surface area (Å²) in [5.41, 5.74) is -0.180. The zero-order valence-corrected chi connectivity index (χ0v) is 11.3. The molecule has 16 heavy (non-hydrogen) atoms. The Morgan fingerprint density at radius 2 is 2.19 bits per heavy atom. The van der Waals surface area contributed by atoms with Gasteiger partial charge in [-0.25, -0.2) is 0 Å². The smallest absolute Gasteiger partial charge is 0.222 e. The predicted octanol–water partition coefficient (Wildman–Crippen LogP) is 1.47. The number of alkyl halides is 1. The lowest BCUT2D eigenvalue weighted by Gasteiger charge is -2.39. The predicted molar refractivity (Wildman–Crippen MR) is 65.8 cm³/mol. The first kappa shape index (κ1) is 13.9. The lowest BCUT2D eigenvalue weighted by molar-refractivity contribution is -0.134. The lowest BCUT2D eigenvalue weighted by Crippen LogP contribution is -2.44. The Bertz CT molecular complexity index is 214. The highest BCUT2D eigenvalue weighted by Crippen LogP contribution is 2.37. The summed E-state index contributed by atoms with van der Waals surface area (Å²) >= 11 is 3.27. The first-order chi connectivity index (χ1) is 7.72. The summed E-state index contributed by atoms with van der Waals surface area (Å²) in [6.07, 6.45) is 3.63. The van der Waals surface area contributed by atoms with Gasteiger partial charge >= 0.3 is 0 Å². The molecule has 0 atom stereocenters. The second-order valence-electron chi connectivity index (χ2n) is 4.07. The van der Waals surface area contributed by atoms with Crippen molar-refractivity contribution >= 4 is 21.8 Å². The maximum Gasteiger partial charge on any atom is 0.222 e. The van der Waals surface area contributed by atoms with Crippen LogP contribution in [0.2, 0.25) is 0 Å². The van der Waals surface area contributed by atoms with Crippen molar-refractivity contribution in [1.29, 1.82) is 0 Å². The van der Waals surface area contributed by atoms with Crippen LogP contribution in [0.1, 0.15) is 25.7 Å². The number of ether oxygens (including phenoxy) is 2. The average Bonchev–Trinajstić information content (AvgIpc) is 2.23. The molecule has 0 saturated heterocycles. The van der Waals surface area contributed by atoms with Crippen LogP contribution in [0.3, 0.4) is 0 Å². The first-order valence-electron chi connectivity index (χ1n) is 5.68. The third kappa shape index (κ3) is 4.39. The van der Waals surface area contributed by atoms with E-state index in [-0.39, 0.29) is 11.5 Å². The Morgan fingerprint density at radius 3 is 2.69 bits per heavy atom. The third-order valence-electron chi connectivity index (χ3n) is 2.97. The van der Waals surface area contributed by atoms with E-state index in [1.165, 1.54) is 0 Å². The van der Waals surface area contributed by atoms with Crippen LogP contribution < -0.4 is 5.32 Å². The molecule has 0 spiro atoms. The van der Waals surface area contributed by atoms with Gasteiger partial charge in [0.25, 0.3) is 0 Å². The number of nitrogens with one attached hydrogen (secondary N) is 1.